The van der Waals surface area contributed by atoms with E-state index in [1.54, 1.807) is 5.56 Å². The van der Waals surface area contributed by atoms with Gasteiger partial charge in [0.05, 0.1) is 0 Å². The third-order valence-electron chi connectivity index (χ3n) is 8.78. The quantitative estimate of drug-likeness (QED) is 0.397. The fourth-order valence-electron chi connectivity index (χ4n) is 7.48. The second-order valence-corrected chi connectivity index (χ2v) is 12.2. The third kappa shape index (κ3) is 3.53. The van der Waals surface area contributed by atoms with Crippen molar-refractivity contribution < 1.29 is 0 Å². The molecule has 32 heavy (non-hydrogen) atoms. The van der Waals surface area contributed by atoms with Gasteiger partial charge in [-0.1, -0.05) is 93.6 Å². The lowest BCUT2D eigenvalue weighted by Gasteiger charge is -2.57. The van der Waals surface area contributed by atoms with Crippen molar-refractivity contribution in [2.45, 2.75) is 70.1 Å². The molecule has 4 aliphatic rings. The van der Waals surface area contributed by atoms with E-state index in [-0.39, 0.29) is 5.41 Å². The summed E-state index contributed by atoms with van der Waals surface area (Å²) in [5.41, 5.74) is 9.08. The molecule has 0 unspecified atom stereocenters. The summed E-state index contributed by atoms with van der Waals surface area (Å²) in [6.45, 7) is 7.11. The summed E-state index contributed by atoms with van der Waals surface area (Å²) in [4.78, 5) is 0. The van der Waals surface area contributed by atoms with Gasteiger partial charge in [-0.25, -0.2) is 0 Å². The summed E-state index contributed by atoms with van der Waals surface area (Å²) < 4.78 is 0. The van der Waals surface area contributed by atoms with Gasteiger partial charge >= 0.3 is 0 Å². The van der Waals surface area contributed by atoms with E-state index in [0.29, 0.717) is 5.41 Å². The van der Waals surface area contributed by atoms with Gasteiger partial charge in [-0.15, -0.1) is 0 Å². The molecule has 0 radical (unpaired) electrons. The Morgan fingerprint density at radius 1 is 0.594 bits per heavy atom. The minimum Gasteiger partial charge on any atom is -0.0622 e. The minimum absolute atomic E-state index is 0.164. The Kier molecular flexibility index (Phi) is 4.65. The maximum atomic E-state index is 2.59. The summed E-state index contributed by atoms with van der Waals surface area (Å²) >= 11 is 0. The molecule has 0 atom stereocenters. The van der Waals surface area contributed by atoms with Crippen LogP contribution in [0.4, 0.5) is 0 Å². The van der Waals surface area contributed by atoms with Crippen molar-refractivity contribution in [1.29, 1.82) is 0 Å². The molecule has 0 spiro atoms. The zero-order valence-electron chi connectivity index (χ0n) is 19.9. The first-order chi connectivity index (χ1) is 15.4. The van der Waals surface area contributed by atoms with Crippen LogP contribution in [0.5, 0.6) is 0 Å². The van der Waals surface area contributed by atoms with E-state index in [9.17, 15) is 0 Å². The molecule has 0 heteroatoms. The van der Waals surface area contributed by atoms with Gasteiger partial charge in [0, 0.05) is 0 Å². The van der Waals surface area contributed by atoms with E-state index in [0.717, 1.165) is 17.8 Å². The molecule has 3 aromatic rings. The Morgan fingerprint density at radius 2 is 1.09 bits per heavy atom. The van der Waals surface area contributed by atoms with Crippen molar-refractivity contribution in [3.05, 3.63) is 83.9 Å². The highest BCUT2D eigenvalue weighted by Gasteiger charge is 2.51. The first-order valence-corrected chi connectivity index (χ1v) is 12.7. The molecule has 4 fully saturated rings. The van der Waals surface area contributed by atoms with E-state index >= 15 is 0 Å². The maximum Gasteiger partial charge on any atom is -0.00387 e. The van der Waals surface area contributed by atoms with Crippen LogP contribution in [-0.2, 0) is 10.8 Å². The molecule has 0 amide bonds. The maximum absolute atomic E-state index is 2.59. The molecule has 0 N–H and O–H groups in total. The van der Waals surface area contributed by atoms with E-state index in [1.165, 1.54) is 66.3 Å². The number of hydrogen-bond donors (Lipinski definition) is 0. The third-order valence-corrected chi connectivity index (χ3v) is 8.78. The van der Waals surface area contributed by atoms with E-state index < -0.39 is 0 Å². The Morgan fingerprint density at radius 3 is 1.62 bits per heavy atom. The molecule has 4 saturated carbocycles. The summed E-state index contributed by atoms with van der Waals surface area (Å²) in [6.07, 6.45) is 8.81. The van der Waals surface area contributed by atoms with Crippen molar-refractivity contribution in [2.75, 3.05) is 0 Å². The van der Waals surface area contributed by atoms with Crippen LogP contribution in [0.1, 0.15) is 70.4 Å². The highest BCUT2D eigenvalue weighted by atomic mass is 14.6. The fourth-order valence-corrected chi connectivity index (χ4v) is 7.48. The summed E-state index contributed by atoms with van der Waals surface area (Å²) in [7, 11) is 0. The number of hydrogen-bond acceptors (Lipinski definition) is 0. The van der Waals surface area contributed by atoms with Crippen molar-refractivity contribution in [1.82, 2.24) is 0 Å². The van der Waals surface area contributed by atoms with Crippen LogP contribution in [-0.4, -0.2) is 0 Å². The average molecular weight is 421 g/mol. The first-order valence-electron chi connectivity index (χ1n) is 12.7. The molecule has 0 nitrogen and oxygen atoms in total. The smallest absolute Gasteiger partial charge is 0.00387 e. The van der Waals surface area contributed by atoms with E-state index in [4.69, 9.17) is 0 Å². The van der Waals surface area contributed by atoms with E-state index in [1.807, 2.05) is 0 Å². The lowest BCUT2D eigenvalue weighted by molar-refractivity contribution is -0.00522. The molecule has 4 aliphatic carbocycles. The van der Waals surface area contributed by atoms with Gasteiger partial charge in [0.25, 0.3) is 0 Å². The standard InChI is InChI=1S/C32H36/c1-31(2,3)29-16-28(27-11-9-26(10-12-27)25-7-5-4-6-8-25)17-30(18-29)32-19-22-13-23(20-32)15-24(14-22)21-32/h4-12,16-18,22-24H,13-15,19-21H2,1-3H3. The Balaban J connectivity index is 1.42. The molecular formula is C32H36. The van der Waals surface area contributed by atoms with Crippen molar-refractivity contribution in [3.8, 4) is 22.3 Å². The van der Waals surface area contributed by atoms with Crippen LogP contribution in [0, 0.1) is 17.8 Å². The average Bonchev–Trinajstić information content (AvgIpc) is 2.78. The topological polar surface area (TPSA) is 0 Å². The Hall–Kier alpha value is -2.34. The minimum atomic E-state index is 0.164. The van der Waals surface area contributed by atoms with Gasteiger partial charge in [-0.05, 0) is 100 Å². The second-order valence-electron chi connectivity index (χ2n) is 12.2. The molecule has 0 saturated heterocycles. The molecule has 164 valence electrons. The van der Waals surface area contributed by atoms with Crippen LogP contribution in [0.15, 0.2) is 72.8 Å². The summed E-state index contributed by atoms with van der Waals surface area (Å²) in [5, 5.41) is 0. The molecule has 7 rings (SSSR count). The Bertz CT molecular complexity index is 1080. The van der Waals surface area contributed by atoms with Crippen molar-refractivity contribution in [3.63, 3.8) is 0 Å². The molecule has 0 aromatic heterocycles. The lowest BCUT2D eigenvalue weighted by atomic mass is 9.48. The predicted octanol–water partition coefficient (Wildman–Crippen LogP) is 8.79. The first kappa shape index (κ1) is 20.3. The van der Waals surface area contributed by atoms with Gasteiger partial charge in [-0.3, -0.25) is 0 Å². The van der Waals surface area contributed by atoms with Gasteiger partial charge in [0.2, 0.25) is 0 Å². The van der Waals surface area contributed by atoms with Gasteiger partial charge in [0.15, 0.2) is 0 Å². The number of benzene rings is 3. The van der Waals surface area contributed by atoms with Gasteiger partial charge in [0.1, 0.15) is 0 Å². The monoisotopic (exact) mass is 420 g/mol. The largest absolute Gasteiger partial charge is 0.0622 e. The Labute approximate surface area is 194 Å². The predicted molar refractivity (Wildman–Crippen MR) is 136 cm³/mol. The van der Waals surface area contributed by atoms with Crippen molar-refractivity contribution >= 4 is 0 Å². The zero-order valence-corrected chi connectivity index (χ0v) is 19.9. The van der Waals surface area contributed by atoms with Gasteiger partial charge in [-0.2, -0.15) is 0 Å². The van der Waals surface area contributed by atoms with Gasteiger partial charge < -0.3 is 0 Å². The summed E-state index contributed by atoms with van der Waals surface area (Å²) in [6, 6.07) is 27.6. The van der Waals surface area contributed by atoms with Crippen LogP contribution >= 0.6 is 0 Å². The van der Waals surface area contributed by atoms with Crippen LogP contribution in [0.3, 0.4) is 0 Å². The number of rotatable bonds is 3. The fraction of sp³-hybridized carbons (Fsp3) is 0.438. The lowest BCUT2D eigenvalue weighted by Crippen LogP contribution is -2.48. The SMILES string of the molecule is CC(C)(C)c1cc(-c2ccc(-c3ccccc3)cc2)cc(C23CC4CC(CC(C4)C2)C3)c1. The molecule has 0 heterocycles. The molecular weight excluding hydrogens is 384 g/mol. The van der Waals surface area contributed by atoms with Crippen LogP contribution in [0.2, 0.25) is 0 Å². The van der Waals surface area contributed by atoms with Crippen LogP contribution in [0.25, 0.3) is 22.3 Å². The molecule has 3 aromatic carbocycles. The molecule has 0 aliphatic heterocycles. The highest BCUT2D eigenvalue weighted by molar-refractivity contribution is 5.71. The van der Waals surface area contributed by atoms with E-state index in [2.05, 4.69) is 93.6 Å². The summed E-state index contributed by atoms with van der Waals surface area (Å²) in [5.74, 6) is 2.94. The highest BCUT2D eigenvalue weighted by Crippen LogP contribution is 2.61. The zero-order chi connectivity index (χ0) is 21.9. The van der Waals surface area contributed by atoms with Crippen molar-refractivity contribution in [2.24, 2.45) is 17.8 Å². The van der Waals surface area contributed by atoms with Crippen LogP contribution < -0.4 is 0 Å². The second kappa shape index (κ2) is 7.34. The normalized spacial score (nSPS) is 28.8. The molecule has 4 bridgehead atoms.